The zero-order chi connectivity index (χ0) is 15.7. The lowest BCUT2D eigenvalue weighted by atomic mass is 10.3. The molecular weight excluding hydrogens is 296 g/mol. The molecular formula is C12H21ClN6O2. The van der Waals surface area contributed by atoms with Crippen molar-refractivity contribution in [2.24, 2.45) is 0 Å². The van der Waals surface area contributed by atoms with E-state index in [0.29, 0.717) is 19.1 Å². The Balaban J connectivity index is 2.60. The Labute approximate surface area is 129 Å². The Bertz CT molecular complexity index is 459. The molecule has 0 bridgehead atoms. The minimum atomic E-state index is -0.501. The summed E-state index contributed by atoms with van der Waals surface area (Å²) in [6.45, 7) is 5.37. The van der Waals surface area contributed by atoms with Crippen LogP contribution >= 0.6 is 11.6 Å². The molecule has 1 aromatic rings. The summed E-state index contributed by atoms with van der Waals surface area (Å²) < 4.78 is 4.87. The van der Waals surface area contributed by atoms with Crippen LogP contribution in [-0.2, 0) is 9.53 Å². The number of anilines is 2. The monoisotopic (exact) mass is 316 g/mol. The van der Waals surface area contributed by atoms with Gasteiger partial charge in [-0.2, -0.15) is 15.0 Å². The van der Waals surface area contributed by atoms with E-state index in [9.17, 15) is 4.79 Å². The van der Waals surface area contributed by atoms with Gasteiger partial charge in [0.2, 0.25) is 23.1 Å². The molecule has 1 aromatic heterocycles. The van der Waals surface area contributed by atoms with E-state index >= 15 is 0 Å². The predicted octanol–water partition coefficient (Wildman–Crippen LogP) is 0.910. The van der Waals surface area contributed by atoms with Gasteiger partial charge in [-0.05, 0) is 24.9 Å². The SMILES string of the molecule is CCCNc1nc(Cl)nc(NC(C)C(=O)NCCOC)n1. The van der Waals surface area contributed by atoms with Crippen LogP contribution in [0.25, 0.3) is 0 Å². The van der Waals surface area contributed by atoms with E-state index in [0.717, 1.165) is 13.0 Å². The highest BCUT2D eigenvalue weighted by atomic mass is 35.5. The Morgan fingerprint density at radius 3 is 2.67 bits per heavy atom. The topological polar surface area (TPSA) is 101 Å². The highest BCUT2D eigenvalue weighted by Crippen LogP contribution is 2.10. The van der Waals surface area contributed by atoms with Gasteiger partial charge in [0, 0.05) is 20.2 Å². The molecule has 0 spiro atoms. The molecule has 1 rings (SSSR count). The number of amides is 1. The molecule has 3 N–H and O–H groups in total. The lowest BCUT2D eigenvalue weighted by Crippen LogP contribution is -2.39. The minimum Gasteiger partial charge on any atom is -0.383 e. The summed E-state index contributed by atoms with van der Waals surface area (Å²) in [5.74, 6) is 0.459. The van der Waals surface area contributed by atoms with E-state index in [1.165, 1.54) is 0 Å². The van der Waals surface area contributed by atoms with Gasteiger partial charge < -0.3 is 20.7 Å². The van der Waals surface area contributed by atoms with Crippen molar-refractivity contribution in [2.45, 2.75) is 26.3 Å². The van der Waals surface area contributed by atoms with Gasteiger partial charge in [0.25, 0.3) is 0 Å². The average Bonchev–Trinajstić information content (AvgIpc) is 2.44. The summed E-state index contributed by atoms with van der Waals surface area (Å²) in [5.41, 5.74) is 0. The minimum absolute atomic E-state index is 0.0677. The van der Waals surface area contributed by atoms with Gasteiger partial charge in [-0.15, -0.1) is 0 Å². The smallest absolute Gasteiger partial charge is 0.242 e. The lowest BCUT2D eigenvalue weighted by Gasteiger charge is -2.14. The molecule has 0 fully saturated rings. The summed E-state index contributed by atoms with van der Waals surface area (Å²) >= 11 is 5.84. The van der Waals surface area contributed by atoms with Crippen LogP contribution in [0.5, 0.6) is 0 Å². The Morgan fingerprint density at radius 2 is 2.00 bits per heavy atom. The molecule has 0 aromatic carbocycles. The maximum atomic E-state index is 11.8. The molecule has 0 aliphatic carbocycles. The fourth-order valence-corrected chi connectivity index (χ4v) is 1.58. The number of ether oxygens (including phenoxy) is 1. The molecule has 21 heavy (non-hydrogen) atoms. The first-order valence-corrected chi connectivity index (χ1v) is 7.13. The van der Waals surface area contributed by atoms with E-state index < -0.39 is 6.04 Å². The zero-order valence-corrected chi connectivity index (χ0v) is 13.2. The molecule has 1 unspecified atom stereocenters. The first-order chi connectivity index (χ1) is 10.1. The molecule has 9 heteroatoms. The van der Waals surface area contributed by atoms with Crippen LogP contribution in [0.2, 0.25) is 5.28 Å². The van der Waals surface area contributed by atoms with Crippen molar-refractivity contribution in [1.82, 2.24) is 20.3 Å². The van der Waals surface area contributed by atoms with E-state index in [-0.39, 0.29) is 17.1 Å². The zero-order valence-electron chi connectivity index (χ0n) is 12.4. The van der Waals surface area contributed by atoms with Crippen LogP contribution < -0.4 is 16.0 Å². The summed E-state index contributed by atoms with van der Waals surface area (Å²) in [6, 6.07) is -0.501. The molecule has 1 atom stereocenters. The third-order valence-electron chi connectivity index (χ3n) is 2.49. The summed E-state index contributed by atoms with van der Waals surface area (Å²) in [4.78, 5) is 23.9. The van der Waals surface area contributed by atoms with Gasteiger partial charge in [0.05, 0.1) is 6.61 Å². The van der Waals surface area contributed by atoms with Crippen LogP contribution in [-0.4, -0.2) is 53.7 Å². The number of nitrogens with one attached hydrogen (secondary N) is 3. The summed E-state index contributed by atoms with van der Waals surface area (Å²) in [7, 11) is 1.57. The van der Waals surface area contributed by atoms with Gasteiger partial charge in [-0.1, -0.05) is 6.92 Å². The highest BCUT2D eigenvalue weighted by Gasteiger charge is 2.14. The van der Waals surface area contributed by atoms with Crippen LogP contribution in [0.1, 0.15) is 20.3 Å². The Hall–Kier alpha value is -1.67. The maximum absolute atomic E-state index is 11.8. The van der Waals surface area contributed by atoms with Crippen molar-refractivity contribution in [1.29, 1.82) is 0 Å². The van der Waals surface area contributed by atoms with E-state index in [4.69, 9.17) is 16.3 Å². The first kappa shape index (κ1) is 17.4. The number of carbonyl (C=O) groups is 1. The van der Waals surface area contributed by atoms with Gasteiger partial charge in [-0.3, -0.25) is 4.79 Å². The van der Waals surface area contributed by atoms with E-state index in [2.05, 4.69) is 30.9 Å². The standard InChI is InChI=1S/C12H21ClN6O2/c1-4-5-15-11-17-10(13)18-12(19-11)16-8(2)9(20)14-6-7-21-3/h8H,4-7H2,1-3H3,(H,14,20)(H2,15,16,17,18,19). The van der Waals surface area contributed by atoms with Crippen LogP contribution in [0.15, 0.2) is 0 Å². The van der Waals surface area contributed by atoms with Gasteiger partial charge >= 0.3 is 0 Å². The number of methoxy groups -OCH3 is 1. The number of rotatable bonds is 9. The van der Waals surface area contributed by atoms with Crippen molar-refractivity contribution < 1.29 is 9.53 Å². The number of carbonyl (C=O) groups excluding carboxylic acids is 1. The molecule has 8 nitrogen and oxygen atoms in total. The van der Waals surface area contributed by atoms with Crippen LogP contribution in [0, 0.1) is 0 Å². The summed E-state index contributed by atoms with van der Waals surface area (Å²) in [6.07, 6.45) is 0.935. The number of hydrogen-bond acceptors (Lipinski definition) is 7. The van der Waals surface area contributed by atoms with Crippen LogP contribution in [0.3, 0.4) is 0 Å². The maximum Gasteiger partial charge on any atom is 0.242 e. The van der Waals surface area contributed by atoms with Crippen molar-refractivity contribution in [3.8, 4) is 0 Å². The second-order valence-corrected chi connectivity index (χ2v) is 4.67. The third kappa shape index (κ3) is 6.54. The van der Waals surface area contributed by atoms with E-state index in [1.807, 2.05) is 6.92 Å². The largest absolute Gasteiger partial charge is 0.383 e. The van der Waals surface area contributed by atoms with Crippen molar-refractivity contribution in [3.63, 3.8) is 0 Å². The molecule has 0 aliphatic rings. The van der Waals surface area contributed by atoms with Gasteiger partial charge in [-0.25, -0.2) is 0 Å². The Morgan fingerprint density at radius 1 is 1.29 bits per heavy atom. The van der Waals surface area contributed by atoms with Crippen LogP contribution in [0.4, 0.5) is 11.9 Å². The number of aromatic nitrogens is 3. The molecule has 1 amide bonds. The molecule has 0 saturated carbocycles. The van der Waals surface area contributed by atoms with Gasteiger partial charge in [0.15, 0.2) is 0 Å². The van der Waals surface area contributed by atoms with Gasteiger partial charge in [0.1, 0.15) is 6.04 Å². The number of halogens is 1. The van der Waals surface area contributed by atoms with E-state index in [1.54, 1.807) is 14.0 Å². The molecule has 1 heterocycles. The number of hydrogen-bond donors (Lipinski definition) is 3. The quantitative estimate of drug-likeness (QED) is 0.582. The van der Waals surface area contributed by atoms with Crippen molar-refractivity contribution in [2.75, 3.05) is 37.4 Å². The molecule has 118 valence electrons. The average molecular weight is 317 g/mol. The Kier molecular flexibility index (Phi) is 7.70. The first-order valence-electron chi connectivity index (χ1n) is 6.75. The molecule has 0 radical (unpaired) electrons. The second-order valence-electron chi connectivity index (χ2n) is 4.33. The fraction of sp³-hybridized carbons (Fsp3) is 0.667. The normalized spacial score (nSPS) is 11.8. The summed E-state index contributed by atoms with van der Waals surface area (Å²) in [5, 5.41) is 8.69. The van der Waals surface area contributed by atoms with Crippen molar-refractivity contribution in [3.05, 3.63) is 5.28 Å². The highest BCUT2D eigenvalue weighted by molar-refractivity contribution is 6.28. The number of nitrogens with zero attached hydrogens (tertiary/aromatic N) is 3. The third-order valence-corrected chi connectivity index (χ3v) is 2.65. The molecule has 0 saturated heterocycles. The fourth-order valence-electron chi connectivity index (χ4n) is 1.42. The predicted molar refractivity (Wildman–Crippen MR) is 81.6 cm³/mol. The lowest BCUT2D eigenvalue weighted by molar-refractivity contribution is -0.121. The molecule has 0 aliphatic heterocycles. The second kappa shape index (κ2) is 9.30. The van der Waals surface area contributed by atoms with Crippen molar-refractivity contribution >= 4 is 29.4 Å².